The standard InChI is InChI=1S/C19H22FN3O2/c1-12-17(19(25)22-13(2)21-12)11-18(24)23-8-4-7-16(23)10-14-5-3-6-15(20)9-14/h3,5-6,9,16H,4,7-8,10-11H2,1-2H3,(H,21,22,25). The van der Waals surface area contributed by atoms with Gasteiger partial charge in [0.2, 0.25) is 5.91 Å². The van der Waals surface area contributed by atoms with Gasteiger partial charge < -0.3 is 9.88 Å². The number of benzene rings is 1. The molecule has 0 radical (unpaired) electrons. The van der Waals surface area contributed by atoms with Gasteiger partial charge in [-0.3, -0.25) is 9.59 Å². The summed E-state index contributed by atoms with van der Waals surface area (Å²) in [6.07, 6.45) is 2.50. The Morgan fingerprint density at radius 1 is 1.40 bits per heavy atom. The molecule has 1 aromatic carbocycles. The van der Waals surface area contributed by atoms with Crippen LogP contribution in [0, 0.1) is 19.7 Å². The molecule has 1 saturated heterocycles. The highest BCUT2D eigenvalue weighted by Crippen LogP contribution is 2.22. The minimum atomic E-state index is -0.263. The lowest BCUT2D eigenvalue weighted by Crippen LogP contribution is -2.39. The number of halogens is 1. The Labute approximate surface area is 145 Å². The van der Waals surface area contributed by atoms with Crippen LogP contribution in [0.5, 0.6) is 0 Å². The van der Waals surface area contributed by atoms with Gasteiger partial charge in [-0.1, -0.05) is 12.1 Å². The summed E-state index contributed by atoms with van der Waals surface area (Å²) in [7, 11) is 0. The molecule has 1 unspecified atom stereocenters. The topological polar surface area (TPSA) is 66.1 Å². The van der Waals surface area contributed by atoms with Crippen molar-refractivity contribution in [2.24, 2.45) is 0 Å². The van der Waals surface area contributed by atoms with Crippen molar-refractivity contribution in [1.29, 1.82) is 0 Å². The van der Waals surface area contributed by atoms with Gasteiger partial charge in [0.05, 0.1) is 6.42 Å². The molecule has 1 atom stereocenters. The van der Waals surface area contributed by atoms with Gasteiger partial charge in [-0.05, 0) is 50.8 Å². The molecule has 2 heterocycles. The number of hydrogen-bond donors (Lipinski definition) is 1. The summed E-state index contributed by atoms with van der Waals surface area (Å²) in [5.74, 6) is 0.211. The van der Waals surface area contributed by atoms with Crippen LogP contribution in [0.25, 0.3) is 0 Å². The normalized spacial score (nSPS) is 17.1. The van der Waals surface area contributed by atoms with E-state index in [1.807, 2.05) is 11.0 Å². The summed E-state index contributed by atoms with van der Waals surface area (Å²) in [6.45, 7) is 4.14. The zero-order valence-corrected chi connectivity index (χ0v) is 14.5. The van der Waals surface area contributed by atoms with Gasteiger partial charge in [0.1, 0.15) is 11.6 Å². The van der Waals surface area contributed by atoms with E-state index in [4.69, 9.17) is 0 Å². The first-order valence-corrected chi connectivity index (χ1v) is 8.54. The van der Waals surface area contributed by atoms with E-state index in [9.17, 15) is 14.0 Å². The van der Waals surface area contributed by atoms with Gasteiger partial charge in [-0.25, -0.2) is 9.37 Å². The molecule has 5 nitrogen and oxygen atoms in total. The number of aromatic amines is 1. The van der Waals surface area contributed by atoms with Crippen molar-refractivity contribution in [3.63, 3.8) is 0 Å². The number of amides is 1. The second kappa shape index (κ2) is 7.17. The third-order valence-electron chi connectivity index (χ3n) is 4.73. The predicted molar refractivity (Wildman–Crippen MR) is 92.9 cm³/mol. The Morgan fingerprint density at radius 2 is 2.20 bits per heavy atom. The molecule has 0 saturated carbocycles. The van der Waals surface area contributed by atoms with Gasteiger partial charge in [-0.2, -0.15) is 0 Å². The summed E-state index contributed by atoms with van der Waals surface area (Å²) < 4.78 is 13.4. The average molecular weight is 343 g/mol. The molecular weight excluding hydrogens is 321 g/mol. The Hall–Kier alpha value is -2.50. The summed E-state index contributed by atoms with van der Waals surface area (Å²) >= 11 is 0. The van der Waals surface area contributed by atoms with Gasteiger partial charge in [0.15, 0.2) is 0 Å². The number of H-pyrrole nitrogens is 1. The molecule has 1 aromatic heterocycles. The maximum atomic E-state index is 13.4. The van der Waals surface area contributed by atoms with Crippen molar-refractivity contribution in [3.05, 3.63) is 63.1 Å². The largest absolute Gasteiger partial charge is 0.339 e. The quantitative estimate of drug-likeness (QED) is 0.926. The van der Waals surface area contributed by atoms with E-state index < -0.39 is 0 Å². The number of hydrogen-bond acceptors (Lipinski definition) is 3. The fourth-order valence-electron chi connectivity index (χ4n) is 3.52. The van der Waals surface area contributed by atoms with Crippen LogP contribution in [0.3, 0.4) is 0 Å². The summed E-state index contributed by atoms with van der Waals surface area (Å²) in [6, 6.07) is 6.54. The molecule has 0 aliphatic carbocycles. The van der Waals surface area contributed by atoms with Gasteiger partial charge >= 0.3 is 0 Å². The highest BCUT2D eigenvalue weighted by Gasteiger charge is 2.29. The SMILES string of the molecule is Cc1nc(C)c(CC(=O)N2CCCC2Cc2cccc(F)c2)c(=O)[nH]1. The number of aromatic nitrogens is 2. The number of likely N-dealkylation sites (tertiary alicyclic amines) is 1. The Kier molecular flexibility index (Phi) is 4.97. The van der Waals surface area contributed by atoms with Crippen LogP contribution >= 0.6 is 0 Å². The number of carbonyl (C=O) groups excluding carboxylic acids is 1. The average Bonchev–Trinajstić information content (AvgIpc) is 2.99. The first-order chi connectivity index (χ1) is 11.9. The second-order valence-corrected chi connectivity index (χ2v) is 6.61. The molecule has 6 heteroatoms. The number of nitrogens with one attached hydrogen (secondary N) is 1. The zero-order chi connectivity index (χ0) is 18.0. The minimum Gasteiger partial charge on any atom is -0.339 e. The number of carbonyl (C=O) groups is 1. The molecule has 1 fully saturated rings. The van der Waals surface area contributed by atoms with Crippen molar-refractivity contribution in [2.75, 3.05) is 6.54 Å². The van der Waals surface area contributed by atoms with Gasteiger partial charge in [0, 0.05) is 23.8 Å². The van der Waals surface area contributed by atoms with Crippen molar-refractivity contribution >= 4 is 5.91 Å². The molecule has 25 heavy (non-hydrogen) atoms. The number of aryl methyl sites for hydroxylation is 2. The fraction of sp³-hybridized carbons (Fsp3) is 0.421. The fourth-order valence-corrected chi connectivity index (χ4v) is 3.52. The van der Waals surface area contributed by atoms with E-state index in [0.29, 0.717) is 30.0 Å². The van der Waals surface area contributed by atoms with Crippen molar-refractivity contribution in [1.82, 2.24) is 14.9 Å². The van der Waals surface area contributed by atoms with E-state index >= 15 is 0 Å². The Bertz CT molecular complexity index is 847. The third kappa shape index (κ3) is 3.95. The van der Waals surface area contributed by atoms with Crippen molar-refractivity contribution in [3.8, 4) is 0 Å². The predicted octanol–water partition coefficient (Wildman–Crippen LogP) is 2.30. The summed E-state index contributed by atoms with van der Waals surface area (Å²) in [5, 5.41) is 0. The molecular formula is C19H22FN3O2. The molecule has 132 valence electrons. The Balaban J connectivity index is 1.74. The summed E-state index contributed by atoms with van der Waals surface area (Å²) in [5.41, 5.74) is 1.65. The van der Waals surface area contributed by atoms with E-state index in [1.165, 1.54) is 12.1 Å². The van der Waals surface area contributed by atoms with Gasteiger partial charge in [-0.15, -0.1) is 0 Å². The molecule has 0 bridgehead atoms. The molecule has 1 aliphatic heterocycles. The maximum Gasteiger partial charge on any atom is 0.254 e. The van der Waals surface area contributed by atoms with Crippen LogP contribution in [0.4, 0.5) is 4.39 Å². The number of rotatable bonds is 4. The van der Waals surface area contributed by atoms with Crippen LogP contribution in [-0.2, 0) is 17.6 Å². The first-order valence-electron chi connectivity index (χ1n) is 8.54. The molecule has 3 rings (SSSR count). The molecule has 0 spiro atoms. The maximum absolute atomic E-state index is 13.4. The van der Waals surface area contributed by atoms with Crippen molar-refractivity contribution in [2.45, 2.75) is 45.6 Å². The summed E-state index contributed by atoms with van der Waals surface area (Å²) in [4.78, 5) is 33.6. The van der Waals surface area contributed by atoms with Crippen LogP contribution in [-0.4, -0.2) is 33.4 Å². The molecule has 1 N–H and O–H groups in total. The van der Waals surface area contributed by atoms with Crippen molar-refractivity contribution < 1.29 is 9.18 Å². The highest BCUT2D eigenvalue weighted by atomic mass is 19.1. The van der Waals surface area contributed by atoms with Crippen LogP contribution in [0.1, 0.15) is 35.5 Å². The van der Waals surface area contributed by atoms with E-state index in [0.717, 1.165) is 18.4 Å². The molecule has 2 aromatic rings. The first kappa shape index (κ1) is 17.3. The second-order valence-electron chi connectivity index (χ2n) is 6.61. The van der Waals surface area contributed by atoms with Crippen LogP contribution in [0.2, 0.25) is 0 Å². The van der Waals surface area contributed by atoms with Crippen LogP contribution < -0.4 is 5.56 Å². The van der Waals surface area contributed by atoms with Gasteiger partial charge in [0.25, 0.3) is 5.56 Å². The highest BCUT2D eigenvalue weighted by molar-refractivity contribution is 5.79. The third-order valence-corrected chi connectivity index (χ3v) is 4.73. The molecule has 1 amide bonds. The minimum absolute atomic E-state index is 0.0482. The number of nitrogens with zero attached hydrogens (tertiary/aromatic N) is 2. The van der Waals surface area contributed by atoms with E-state index in [-0.39, 0.29) is 29.7 Å². The lowest BCUT2D eigenvalue weighted by Gasteiger charge is -2.25. The van der Waals surface area contributed by atoms with Crippen LogP contribution in [0.15, 0.2) is 29.1 Å². The molecule has 1 aliphatic rings. The lowest BCUT2D eigenvalue weighted by molar-refractivity contribution is -0.131. The smallest absolute Gasteiger partial charge is 0.254 e. The Morgan fingerprint density at radius 3 is 2.92 bits per heavy atom. The lowest BCUT2D eigenvalue weighted by atomic mass is 10.0. The monoisotopic (exact) mass is 343 g/mol. The van der Waals surface area contributed by atoms with E-state index in [1.54, 1.807) is 19.9 Å². The van der Waals surface area contributed by atoms with E-state index in [2.05, 4.69) is 9.97 Å². The zero-order valence-electron chi connectivity index (χ0n) is 14.5.